The van der Waals surface area contributed by atoms with Crippen LogP contribution in [-0.4, -0.2) is 12.2 Å². The van der Waals surface area contributed by atoms with Gasteiger partial charge in [0.2, 0.25) is 0 Å². The Kier molecular flexibility index (Phi) is 3.10. The average molecular weight is 286 g/mol. The summed E-state index contributed by atoms with van der Waals surface area (Å²) in [4.78, 5) is 12.1. The summed E-state index contributed by atoms with van der Waals surface area (Å²) in [5.74, 6) is -0.163. The van der Waals surface area contributed by atoms with E-state index in [1.807, 2.05) is 0 Å². The van der Waals surface area contributed by atoms with Crippen molar-refractivity contribution in [3.05, 3.63) is 58.5 Å². The molecular formula is C16H11FO4. The van der Waals surface area contributed by atoms with Gasteiger partial charge in [-0.15, -0.1) is 0 Å². The predicted octanol–water partition coefficient (Wildman–Crippen LogP) is 3.31. The number of ether oxygens (including phenoxy) is 1. The van der Waals surface area contributed by atoms with Crippen LogP contribution in [0.5, 0.6) is 11.5 Å². The van der Waals surface area contributed by atoms with Crippen LogP contribution in [0.2, 0.25) is 0 Å². The summed E-state index contributed by atoms with van der Waals surface area (Å²) >= 11 is 0. The largest absolute Gasteiger partial charge is 0.508 e. The summed E-state index contributed by atoms with van der Waals surface area (Å²) in [5, 5.41) is 9.84. The van der Waals surface area contributed by atoms with E-state index in [-0.39, 0.29) is 28.3 Å². The van der Waals surface area contributed by atoms with E-state index in [9.17, 15) is 14.3 Å². The summed E-state index contributed by atoms with van der Waals surface area (Å²) in [6, 6.07) is 9.77. The lowest BCUT2D eigenvalue weighted by molar-refractivity contribution is 0.386. The van der Waals surface area contributed by atoms with Gasteiger partial charge in [0.05, 0.1) is 12.5 Å². The number of methoxy groups -OCH3 is 1. The Labute approximate surface area is 119 Å². The van der Waals surface area contributed by atoms with E-state index in [1.165, 1.54) is 49.6 Å². The number of phenols is 1. The standard InChI is InChI=1S/C16H11FO4/c1-20-16-6-9(2-5-12(16)17)14-8-13(19)11-4-3-10(18)7-15(11)21-14/h2-8,18H,1H3. The smallest absolute Gasteiger partial charge is 0.193 e. The van der Waals surface area contributed by atoms with Crippen molar-refractivity contribution in [1.82, 2.24) is 0 Å². The molecule has 0 saturated heterocycles. The first kappa shape index (κ1) is 13.2. The highest BCUT2D eigenvalue weighted by Crippen LogP contribution is 2.28. The molecule has 3 rings (SSSR count). The van der Waals surface area contributed by atoms with Gasteiger partial charge in [-0.25, -0.2) is 4.39 Å². The van der Waals surface area contributed by atoms with Gasteiger partial charge in [0.1, 0.15) is 17.1 Å². The van der Waals surface area contributed by atoms with Crippen molar-refractivity contribution >= 4 is 11.0 Å². The molecule has 0 atom stereocenters. The SMILES string of the molecule is COc1cc(-c2cc(=O)c3ccc(O)cc3o2)ccc1F. The van der Waals surface area contributed by atoms with E-state index >= 15 is 0 Å². The van der Waals surface area contributed by atoms with E-state index in [2.05, 4.69) is 0 Å². The van der Waals surface area contributed by atoms with Gasteiger partial charge in [0.15, 0.2) is 17.0 Å². The molecule has 0 aliphatic rings. The molecule has 1 aromatic heterocycles. The van der Waals surface area contributed by atoms with Crippen LogP contribution in [0.15, 0.2) is 51.7 Å². The number of hydrogen-bond donors (Lipinski definition) is 1. The summed E-state index contributed by atoms with van der Waals surface area (Å²) < 4.78 is 23.9. The maximum Gasteiger partial charge on any atom is 0.193 e. The van der Waals surface area contributed by atoms with Gasteiger partial charge < -0.3 is 14.3 Å². The fourth-order valence-corrected chi connectivity index (χ4v) is 2.10. The highest BCUT2D eigenvalue weighted by molar-refractivity contribution is 5.80. The number of hydrogen-bond acceptors (Lipinski definition) is 4. The third-order valence-corrected chi connectivity index (χ3v) is 3.15. The second-order valence-corrected chi connectivity index (χ2v) is 4.50. The Hall–Kier alpha value is -2.82. The molecule has 0 amide bonds. The minimum Gasteiger partial charge on any atom is -0.508 e. The first-order chi connectivity index (χ1) is 10.1. The molecule has 0 unspecified atom stereocenters. The maximum absolute atomic E-state index is 13.4. The Morgan fingerprint density at radius 2 is 1.95 bits per heavy atom. The number of phenolic OH excluding ortho intramolecular Hbond substituents is 1. The molecule has 0 fully saturated rings. The fraction of sp³-hybridized carbons (Fsp3) is 0.0625. The minimum atomic E-state index is -0.498. The zero-order valence-electron chi connectivity index (χ0n) is 11.1. The topological polar surface area (TPSA) is 59.7 Å². The molecule has 2 aromatic carbocycles. The van der Waals surface area contributed by atoms with Crippen molar-refractivity contribution in [2.75, 3.05) is 7.11 Å². The summed E-state index contributed by atoms with van der Waals surface area (Å²) in [6.45, 7) is 0. The van der Waals surface area contributed by atoms with Crippen molar-refractivity contribution in [2.45, 2.75) is 0 Å². The van der Waals surface area contributed by atoms with Gasteiger partial charge in [-0.3, -0.25) is 4.79 Å². The number of fused-ring (bicyclic) bond motifs is 1. The first-order valence-corrected chi connectivity index (χ1v) is 6.19. The lowest BCUT2D eigenvalue weighted by atomic mass is 10.1. The Bertz CT molecular complexity index is 883. The van der Waals surface area contributed by atoms with Crippen LogP contribution in [0.3, 0.4) is 0 Å². The highest BCUT2D eigenvalue weighted by Gasteiger charge is 2.10. The summed E-state index contributed by atoms with van der Waals surface area (Å²) in [5.41, 5.74) is 0.533. The molecule has 0 saturated carbocycles. The maximum atomic E-state index is 13.4. The molecule has 3 aromatic rings. The number of benzene rings is 2. The molecule has 1 heterocycles. The summed E-state index contributed by atoms with van der Waals surface area (Å²) in [7, 11) is 1.36. The fourth-order valence-electron chi connectivity index (χ4n) is 2.10. The number of aromatic hydroxyl groups is 1. The van der Waals surface area contributed by atoms with E-state index < -0.39 is 5.82 Å². The van der Waals surface area contributed by atoms with Crippen LogP contribution in [0, 0.1) is 5.82 Å². The molecule has 1 N–H and O–H groups in total. The average Bonchev–Trinajstić information content (AvgIpc) is 2.47. The molecule has 0 aliphatic heterocycles. The lowest BCUT2D eigenvalue weighted by Crippen LogP contribution is -2.00. The van der Waals surface area contributed by atoms with Crippen LogP contribution in [0.4, 0.5) is 4.39 Å². The molecule has 0 aliphatic carbocycles. The van der Waals surface area contributed by atoms with Gasteiger partial charge in [-0.05, 0) is 30.3 Å². The molecule has 0 radical (unpaired) electrons. The van der Waals surface area contributed by atoms with E-state index in [0.717, 1.165) is 0 Å². The molecule has 106 valence electrons. The van der Waals surface area contributed by atoms with Crippen molar-refractivity contribution in [2.24, 2.45) is 0 Å². The molecule has 4 nitrogen and oxygen atoms in total. The zero-order valence-corrected chi connectivity index (χ0v) is 11.1. The monoisotopic (exact) mass is 286 g/mol. The van der Waals surface area contributed by atoms with Crippen LogP contribution in [-0.2, 0) is 0 Å². The normalized spacial score (nSPS) is 10.8. The van der Waals surface area contributed by atoms with Crippen LogP contribution < -0.4 is 10.2 Å². The zero-order chi connectivity index (χ0) is 15.0. The number of halogens is 1. The lowest BCUT2D eigenvalue weighted by Gasteiger charge is -2.06. The number of rotatable bonds is 2. The second-order valence-electron chi connectivity index (χ2n) is 4.50. The molecular weight excluding hydrogens is 275 g/mol. The van der Waals surface area contributed by atoms with Crippen LogP contribution in [0.25, 0.3) is 22.3 Å². The Balaban J connectivity index is 2.23. The molecule has 5 heteroatoms. The first-order valence-electron chi connectivity index (χ1n) is 6.19. The van der Waals surface area contributed by atoms with Crippen LogP contribution >= 0.6 is 0 Å². The third kappa shape index (κ3) is 2.33. The van der Waals surface area contributed by atoms with Crippen molar-refractivity contribution in [1.29, 1.82) is 0 Å². The van der Waals surface area contributed by atoms with Gasteiger partial charge >= 0.3 is 0 Å². The van der Waals surface area contributed by atoms with Gasteiger partial charge in [0, 0.05) is 17.7 Å². The van der Waals surface area contributed by atoms with Crippen molar-refractivity contribution < 1.29 is 18.7 Å². The minimum absolute atomic E-state index is 0.000475. The Morgan fingerprint density at radius 1 is 1.14 bits per heavy atom. The van der Waals surface area contributed by atoms with Gasteiger partial charge in [-0.2, -0.15) is 0 Å². The van der Waals surface area contributed by atoms with Gasteiger partial charge in [-0.1, -0.05) is 0 Å². The van der Waals surface area contributed by atoms with Crippen molar-refractivity contribution in [3.63, 3.8) is 0 Å². The summed E-state index contributed by atoms with van der Waals surface area (Å²) in [6.07, 6.45) is 0. The van der Waals surface area contributed by atoms with Crippen LogP contribution in [0.1, 0.15) is 0 Å². The van der Waals surface area contributed by atoms with Crippen molar-refractivity contribution in [3.8, 4) is 22.8 Å². The molecule has 0 bridgehead atoms. The van der Waals surface area contributed by atoms with E-state index in [4.69, 9.17) is 9.15 Å². The molecule has 0 spiro atoms. The van der Waals surface area contributed by atoms with E-state index in [0.29, 0.717) is 10.9 Å². The second kappa shape index (κ2) is 4.94. The quantitative estimate of drug-likeness (QED) is 0.785. The molecule has 21 heavy (non-hydrogen) atoms. The van der Waals surface area contributed by atoms with E-state index in [1.54, 1.807) is 0 Å². The third-order valence-electron chi connectivity index (χ3n) is 3.15. The predicted molar refractivity (Wildman–Crippen MR) is 76.1 cm³/mol. The highest BCUT2D eigenvalue weighted by atomic mass is 19.1. The van der Waals surface area contributed by atoms with Gasteiger partial charge in [0.25, 0.3) is 0 Å². The Morgan fingerprint density at radius 3 is 2.71 bits per heavy atom.